The van der Waals surface area contributed by atoms with Crippen molar-refractivity contribution in [3.8, 4) is 11.6 Å². The lowest BCUT2D eigenvalue weighted by atomic mass is 10.3. The van der Waals surface area contributed by atoms with Crippen LogP contribution < -0.4 is 20.1 Å². The Labute approximate surface area is 178 Å². The molecule has 1 fully saturated rings. The number of benzene rings is 1. The Hall–Kier alpha value is -2.80. The van der Waals surface area contributed by atoms with Crippen molar-refractivity contribution in [1.82, 2.24) is 10.3 Å². The summed E-state index contributed by atoms with van der Waals surface area (Å²) in [5.41, 5.74) is 1.95. The van der Waals surface area contributed by atoms with Gasteiger partial charge in [0.15, 0.2) is 5.96 Å². The van der Waals surface area contributed by atoms with Crippen molar-refractivity contribution < 1.29 is 14.2 Å². The molecular weight excluding hydrogens is 380 g/mol. The Kier molecular flexibility index (Phi) is 8.78. The van der Waals surface area contributed by atoms with E-state index in [9.17, 15) is 0 Å². The van der Waals surface area contributed by atoms with Gasteiger partial charge in [0.2, 0.25) is 5.88 Å². The first kappa shape index (κ1) is 21.9. The Morgan fingerprint density at radius 2 is 2.07 bits per heavy atom. The van der Waals surface area contributed by atoms with Crippen LogP contribution in [0.4, 0.5) is 5.69 Å². The smallest absolute Gasteiger partial charge is 0.213 e. The second-order valence-electron chi connectivity index (χ2n) is 7.30. The van der Waals surface area contributed by atoms with Crippen molar-refractivity contribution in [3.05, 3.63) is 48.2 Å². The summed E-state index contributed by atoms with van der Waals surface area (Å²) < 4.78 is 16.5. The molecule has 0 aliphatic heterocycles. The third kappa shape index (κ3) is 7.91. The average molecular weight is 413 g/mol. The number of nitrogens with one attached hydrogen (secondary N) is 2. The van der Waals surface area contributed by atoms with E-state index in [4.69, 9.17) is 14.2 Å². The molecule has 30 heavy (non-hydrogen) atoms. The molecule has 0 unspecified atom stereocenters. The second-order valence-corrected chi connectivity index (χ2v) is 7.30. The third-order valence-electron chi connectivity index (χ3n) is 4.58. The number of nitrogens with zero attached hydrogens (tertiary/aromatic N) is 2. The van der Waals surface area contributed by atoms with Gasteiger partial charge < -0.3 is 24.8 Å². The highest BCUT2D eigenvalue weighted by Crippen LogP contribution is 2.29. The largest absolute Gasteiger partial charge is 0.493 e. The Morgan fingerprint density at radius 1 is 1.17 bits per heavy atom. The zero-order chi connectivity index (χ0) is 21.0. The van der Waals surface area contributed by atoms with Crippen LogP contribution in [-0.4, -0.2) is 44.4 Å². The zero-order valence-electron chi connectivity index (χ0n) is 17.9. The maximum atomic E-state index is 5.77. The fourth-order valence-electron chi connectivity index (χ4n) is 2.75. The molecule has 7 nitrogen and oxygen atoms in total. The van der Waals surface area contributed by atoms with Crippen molar-refractivity contribution in [2.75, 3.05) is 38.8 Å². The maximum Gasteiger partial charge on any atom is 0.213 e. The molecule has 0 bridgehead atoms. The molecule has 0 atom stereocenters. The van der Waals surface area contributed by atoms with Crippen molar-refractivity contribution in [1.29, 1.82) is 0 Å². The molecular formula is C23H32N4O3. The maximum absolute atomic E-state index is 5.77. The van der Waals surface area contributed by atoms with E-state index < -0.39 is 0 Å². The van der Waals surface area contributed by atoms with Gasteiger partial charge in [-0.05, 0) is 43.4 Å². The highest BCUT2D eigenvalue weighted by atomic mass is 16.5. The summed E-state index contributed by atoms with van der Waals surface area (Å²) >= 11 is 0. The molecule has 1 saturated carbocycles. The summed E-state index contributed by atoms with van der Waals surface area (Å²) in [7, 11) is 1.69. The monoisotopic (exact) mass is 412 g/mol. The number of pyridine rings is 1. The van der Waals surface area contributed by atoms with Gasteiger partial charge in [-0.25, -0.2) is 9.98 Å². The summed E-state index contributed by atoms with van der Waals surface area (Å²) in [6.07, 6.45) is 5.23. The molecule has 0 radical (unpaired) electrons. The minimum absolute atomic E-state index is 0.526. The van der Waals surface area contributed by atoms with Gasteiger partial charge >= 0.3 is 0 Å². The van der Waals surface area contributed by atoms with Crippen molar-refractivity contribution in [2.24, 2.45) is 10.9 Å². The molecule has 7 heteroatoms. The van der Waals surface area contributed by atoms with Crippen LogP contribution in [0.3, 0.4) is 0 Å². The first-order valence-electron chi connectivity index (χ1n) is 10.6. The molecule has 0 spiro atoms. The molecule has 1 aromatic carbocycles. The number of aliphatic imine (C=N–C) groups is 1. The molecule has 3 rings (SSSR count). The normalized spacial score (nSPS) is 13.7. The van der Waals surface area contributed by atoms with Crippen LogP contribution in [0, 0.1) is 5.92 Å². The van der Waals surface area contributed by atoms with E-state index in [-0.39, 0.29) is 0 Å². The summed E-state index contributed by atoms with van der Waals surface area (Å²) in [4.78, 5) is 9.05. The number of hydrogen-bond acceptors (Lipinski definition) is 5. The van der Waals surface area contributed by atoms with Crippen LogP contribution in [0.25, 0.3) is 0 Å². The summed E-state index contributed by atoms with van der Waals surface area (Å²) in [6.45, 7) is 5.42. The van der Waals surface area contributed by atoms with Crippen LogP contribution >= 0.6 is 0 Å². The number of ether oxygens (including phenoxy) is 3. The highest BCUT2D eigenvalue weighted by Gasteiger charge is 2.22. The molecule has 2 N–H and O–H groups in total. The van der Waals surface area contributed by atoms with Gasteiger partial charge in [0, 0.05) is 50.7 Å². The topological polar surface area (TPSA) is 77.0 Å². The molecule has 1 aliphatic rings. The van der Waals surface area contributed by atoms with Gasteiger partial charge in [-0.15, -0.1) is 0 Å². The summed E-state index contributed by atoms with van der Waals surface area (Å²) in [6, 6.07) is 11.8. The number of guanidine groups is 1. The van der Waals surface area contributed by atoms with Gasteiger partial charge in [0.25, 0.3) is 0 Å². The Bertz CT molecular complexity index is 791. The fourth-order valence-corrected chi connectivity index (χ4v) is 2.75. The van der Waals surface area contributed by atoms with Gasteiger partial charge in [0.1, 0.15) is 5.75 Å². The van der Waals surface area contributed by atoms with E-state index in [1.165, 1.54) is 12.8 Å². The van der Waals surface area contributed by atoms with Gasteiger partial charge in [0.05, 0.1) is 19.8 Å². The number of anilines is 1. The average Bonchev–Trinajstić information content (AvgIpc) is 3.59. The number of hydrogen-bond donors (Lipinski definition) is 2. The lowest BCUT2D eigenvalue weighted by Crippen LogP contribution is -2.30. The minimum atomic E-state index is 0.526. The van der Waals surface area contributed by atoms with E-state index in [0.29, 0.717) is 31.6 Å². The van der Waals surface area contributed by atoms with Gasteiger partial charge in [-0.2, -0.15) is 0 Å². The molecule has 0 saturated heterocycles. The van der Waals surface area contributed by atoms with E-state index in [1.54, 1.807) is 7.11 Å². The molecule has 2 aromatic rings. The van der Waals surface area contributed by atoms with E-state index >= 15 is 0 Å². The minimum Gasteiger partial charge on any atom is -0.493 e. The fraction of sp³-hybridized carbons (Fsp3) is 0.478. The zero-order valence-corrected chi connectivity index (χ0v) is 17.9. The van der Waals surface area contributed by atoms with E-state index in [0.717, 1.165) is 42.5 Å². The van der Waals surface area contributed by atoms with Crippen LogP contribution in [0.5, 0.6) is 11.6 Å². The van der Waals surface area contributed by atoms with Crippen LogP contribution in [-0.2, 0) is 11.3 Å². The first-order chi connectivity index (χ1) is 14.8. The van der Waals surface area contributed by atoms with Crippen molar-refractivity contribution >= 4 is 11.6 Å². The molecule has 1 heterocycles. The standard InChI is InChI=1S/C23H32N4O3/c1-3-24-23(27-20-6-4-7-21(14-20)29-13-5-12-28-2)26-16-19-10-11-22(25-15-19)30-17-18-8-9-18/h4,6-7,10-11,14-15,18H,3,5,8-9,12-13,16-17H2,1-2H3,(H2,24,26,27). The third-order valence-corrected chi connectivity index (χ3v) is 4.58. The van der Waals surface area contributed by atoms with Gasteiger partial charge in [-0.1, -0.05) is 12.1 Å². The number of rotatable bonds is 12. The van der Waals surface area contributed by atoms with E-state index in [1.807, 2.05) is 49.5 Å². The number of aromatic nitrogens is 1. The predicted octanol–water partition coefficient (Wildman–Crippen LogP) is 3.86. The van der Waals surface area contributed by atoms with E-state index in [2.05, 4.69) is 20.6 Å². The molecule has 1 aromatic heterocycles. The molecule has 0 amide bonds. The van der Waals surface area contributed by atoms with Crippen molar-refractivity contribution in [3.63, 3.8) is 0 Å². The first-order valence-corrected chi connectivity index (χ1v) is 10.6. The lowest BCUT2D eigenvalue weighted by Gasteiger charge is -2.13. The van der Waals surface area contributed by atoms with Gasteiger partial charge in [-0.3, -0.25) is 0 Å². The molecule has 162 valence electrons. The highest BCUT2D eigenvalue weighted by molar-refractivity contribution is 5.93. The quantitative estimate of drug-likeness (QED) is 0.313. The lowest BCUT2D eigenvalue weighted by molar-refractivity contribution is 0.172. The van der Waals surface area contributed by atoms with Crippen LogP contribution in [0.1, 0.15) is 31.7 Å². The Balaban J connectivity index is 1.53. The SMILES string of the molecule is CCNC(=NCc1ccc(OCC2CC2)nc1)Nc1cccc(OCCCOC)c1. The van der Waals surface area contributed by atoms with Crippen LogP contribution in [0.15, 0.2) is 47.6 Å². The number of methoxy groups -OCH3 is 1. The second kappa shape index (κ2) is 12.0. The molecule has 1 aliphatic carbocycles. The summed E-state index contributed by atoms with van der Waals surface area (Å²) in [5, 5.41) is 6.60. The predicted molar refractivity (Wildman–Crippen MR) is 119 cm³/mol. The summed E-state index contributed by atoms with van der Waals surface area (Å²) in [5.74, 6) is 2.93. The van der Waals surface area contributed by atoms with Crippen LogP contribution in [0.2, 0.25) is 0 Å². The Morgan fingerprint density at radius 3 is 2.80 bits per heavy atom. The van der Waals surface area contributed by atoms with Crippen molar-refractivity contribution in [2.45, 2.75) is 32.7 Å².